The third kappa shape index (κ3) is 3.65. The van der Waals surface area contributed by atoms with E-state index in [0.717, 1.165) is 41.4 Å². The van der Waals surface area contributed by atoms with Crippen LogP contribution >= 0.6 is 0 Å². The van der Waals surface area contributed by atoms with Crippen LogP contribution in [-0.4, -0.2) is 6.61 Å². The number of ether oxygens (including phenoxy) is 1. The predicted molar refractivity (Wildman–Crippen MR) is 81.1 cm³/mol. The molecule has 0 spiro atoms. The molecule has 0 unspecified atom stereocenters. The molecule has 0 bridgehead atoms. The topological polar surface area (TPSA) is 47.3 Å². The molecule has 19 heavy (non-hydrogen) atoms. The lowest BCUT2D eigenvalue weighted by molar-refractivity contribution is 0.317. The minimum Gasteiger partial charge on any atom is -0.494 e. The van der Waals surface area contributed by atoms with Gasteiger partial charge in [0.15, 0.2) is 0 Å². The number of hydrogen-bond acceptors (Lipinski definition) is 3. The summed E-state index contributed by atoms with van der Waals surface area (Å²) >= 11 is 0. The summed E-state index contributed by atoms with van der Waals surface area (Å²) in [5.41, 5.74) is 9.76. The van der Waals surface area contributed by atoms with Crippen LogP contribution in [0.2, 0.25) is 0 Å². The van der Waals surface area contributed by atoms with Crippen molar-refractivity contribution in [3.8, 4) is 5.75 Å². The molecule has 0 amide bonds. The molecule has 0 saturated heterocycles. The zero-order valence-corrected chi connectivity index (χ0v) is 11.4. The molecule has 0 aliphatic heterocycles. The maximum absolute atomic E-state index is 5.74. The average molecular weight is 256 g/mol. The highest BCUT2D eigenvalue weighted by Crippen LogP contribution is 2.24. The quantitative estimate of drug-likeness (QED) is 0.791. The summed E-state index contributed by atoms with van der Waals surface area (Å²) in [6, 6.07) is 13.8. The summed E-state index contributed by atoms with van der Waals surface area (Å²) in [5, 5.41) is 3.37. The molecule has 3 heteroatoms. The monoisotopic (exact) mass is 256 g/mol. The van der Waals surface area contributed by atoms with Gasteiger partial charge in [-0.3, -0.25) is 0 Å². The first-order valence-corrected chi connectivity index (χ1v) is 6.55. The van der Waals surface area contributed by atoms with E-state index in [1.54, 1.807) is 0 Å². The lowest BCUT2D eigenvalue weighted by Crippen LogP contribution is -1.96. The lowest BCUT2D eigenvalue weighted by atomic mass is 10.1. The molecule has 0 aliphatic rings. The van der Waals surface area contributed by atoms with Crippen LogP contribution in [0.4, 0.5) is 17.1 Å². The van der Waals surface area contributed by atoms with Gasteiger partial charge in [0.25, 0.3) is 0 Å². The van der Waals surface area contributed by atoms with E-state index < -0.39 is 0 Å². The third-order valence-corrected chi connectivity index (χ3v) is 2.86. The second kappa shape index (κ2) is 6.14. The molecule has 0 heterocycles. The Morgan fingerprint density at radius 3 is 2.47 bits per heavy atom. The zero-order chi connectivity index (χ0) is 13.7. The minimum absolute atomic E-state index is 0.754. The van der Waals surface area contributed by atoms with Gasteiger partial charge in [-0.1, -0.05) is 6.92 Å². The van der Waals surface area contributed by atoms with Gasteiger partial charge in [0.05, 0.1) is 6.61 Å². The maximum atomic E-state index is 5.74. The Kier molecular flexibility index (Phi) is 4.29. The van der Waals surface area contributed by atoms with Crippen LogP contribution in [0, 0.1) is 6.92 Å². The summed E-state index contributed by atoms with van der Waals surface area (Å²) in [6.45, 7) is 4.89. The van der Waals surface area contributed by atoms with E-state index in [1.165, 1.54) is 0 Å². The molecule has 3 N–H and O–H groups in total. The van der Waals surface area contributed by atoms with Crippen molar-refractivity contribution in [3.63, 3.8) is 0 Å². The first kappa shape index (κ1) is 13.3. The summed E-state index contributed by atoms with van der Waals surface area (Å²) in [5.74, 6) is 0.904. The van der Waals surface area contributed by atoms with Crippen molar-refractivity contribution in [2.45, 2.75) is 20.3 Å². The van der Waals surface area contributed by atoms with E-state index >= 15 is 0 Å². The molecule has 2 aromatic carbocycles. The second-order valence-corrected chi connectivity index (χ2v) is 4.57. The van der Waals surface area contributed by atoms with E-state index in [1.807, 2.05) is 49.4 Å². The van der Waals surface area contributed by atoms with Crippen LogP contribution < -0.4 is 15.8 Å². The van der Waals surface area contributed by atoms with Crippen molar-refractivity contribution in [1.29, 1.82) is 0 Å². The van der Waals surface area contributed by atoms with Crippen molar-refractivity contribution < 1.29 is 4.74 Å². The Balaban J connectivity index is 2.06. The van der Waals surface area contributed by atoms with Gasteiger partial charge in [0, 0.05) is 17.1 Å². The molecule has 0 aromatic heterocycles. The summed E-state index contributed by atoms with van der Waals surface area (Å²) in [6.07, 6.45) is 1.02. The molecule has 2 rings (SSSR count). The summed E-state index contributed by atoms with van der Waals surface area (Å²) < 4.78 is 5.56. The van der Waals surface area contributed by atoms with Gasteiger partial charge in [-0.05, 0) is 61.4 Å². The van der Waals surface area contributed by atoms with Crippen LogP contribution in [0.15, 0.2) is 42.5 Å². The smallest absolute Gasteiger partial charge is 0.119 e. The highest BCUT2D eigenvalue weighted by Gasteiger charge is 2.00. The molecular formula is C16H20N2O. The normalized spacial score (nSPS) is 10.2. The summed E-state index contributed by atoms with van der Waals surface area (Å²) in [4.78, 5) is 0. The molecule has 0 atom stereocenters. The fourth-order valence-electron chi connectivity index (χ4n) is 1.84. The number of aryl methyl sites for hydroxylation is 1. The van der Waals surface area contributed by atoms with Gasteiger partial charge in [-0.15, -0.1) is 0 Å². The van der Waals surface area contributed by atoms with E-state index in [4.69, 9.17) is 10.5 Å². The molecular weight excluding hydrogens is 236 g/mol. The van der Waals surface area contributed by atoms with Crippen LogP contribution in [0.5, 0.6) is 5.75 Å². The van der Waals surface area contributed by atoms with Crippen molar-refractivity contribution in [2.24, 2.45) is 0 Å². The van der Waals surface area contributed by atoms with Gasteiger partial charge < -0.3 is 15.8 Å². The predicted octanol–water partition coefficient (Wildman–Crippen LogP) is 4.11. The van der Waals surface area contributed by atoms with Gasteiger partial charge in [0.2, 0.25) is 0 Å². The van der Waals surface area contributed by atoms with Crippen molar-refractivity contribution in [3.05, 3.63) is 48.0 Å². The van der Waals surface area contributed by atoms with Gasteiger partial charge in [0.1, 0.15) is 5.75 Å². The molecule has 3 nitrogen and oxygen atoms in total. The van der Waals surface area contributed by atoms with Gasteiger partial charge in [-0.25, -0.2) is 0 Å². The Bertz CT molecular complexity index is 535. The molecule has 2 aromatic rings. The Morgan fingerprint density at radius 2 is 1.84 bits per heavy atom. The molecule has 0 radical (unpaired) electrons. The Hall–Kier alpha value is -2.16. The standard InChI is InChI=1S/C16H20N2O/c1-3-10-19-15-7-5-14(6-8-15)18-16-9-4-13(17)11-12(16)2/h4-9,11,18H,3,10,17H2,1-2H3. The van der Waals surface area contributed by atoms with E-state index in [9.17, 15) is 0 Å². The SMILES string of the molecule is CCCOc1ccc(Nc2ccc(N)cc2C)cc1. The fraction of sp³-hybridized carbons (Fsp3) is 0.250. The zero-order valence-electron chi connectivity index (χ0n) is 11.4. The number of hydrogen-bond donors (Lipinski definition) is 2. The minimum atomic E-state index is 0.754. The first-order valence-electron chi connectivity index (χ1n) is 6.55. The molecule has 0 fully saturated rings. The van der Waals surface area contributed by atoms with E-state index in [0.29, 0.717) is 0 Å². The summed E-state index contributed by atoms with van der Waals surface area (Å²) in [7, 11) is 0. The number of nitrogens with one attached hydrogen (secondary N) is 1. The van der Waals surface area contributed by atoms with E-state index in [2.05, 4.69) is 12.2 Å². The Morgan fingerprint density at radius 1 is 1.11 bits per heavy atom. The van der Waals surface area contributed by atoms with Crippen LogP contribution in [-0.2, 0) is 0 Å². The number of nitrogens with two attached hydrogens (primary N) is 1. The number of nitrogen functional groups attached to an aromatic ring is 1. The number of rotatable bonds is 5. The largest absolute Gasteiger partial charge is 0.494 e. The first-order chi connectivity index (χ1) is 9.19. The fourth-order valence-corrected chi connectivity index (χ4v) is 1.84. The maximum Gasteiger partial charge on any atom is 0.119 e. The van der Waals surface area contributed by atoms with E-state index in [-0.39, 0.29) is 0 Å². The van der Waals surface area contributed by atoms with Crippen molar-refractivity contribution in [2.75, 3.05) is 17.7 Å². The van der Waals surface area contributed by atoms with Crippen LogP contribution in [0.3, 0.4) is 0 Å². The van der Waals surface area contributed by atoms with Crippen LogP contribution in [0.1, 0.15) is 18.9 Å². The Labute approximate surface area is 114 Å². The van der Waals surface area contributed by atoms with Gasteiger partial charge in [-0.2, -0.15) is 0 Å². The lowest BCUT2D eigenvalue weighted by Gasteiger charge is -2.11. The average Bonchev–Trinajstić information content (AvgIpc) is 2.41. The molecule has 100 valence electrons. The van der Waals surface area contributed by atoms with Gasteiger partial charge >= 0.3 is 0 Å². The highest BCUT2D eigenvalue weighted by molar-refractivity contribution is 5.66. The van der Waals surface area contributed by atoms with Crippen molar-refractivity contribution >= 4 is 17.1 Å². The van der Waals surface area contributed by atoms with Crippen molar-refractivity contribution in [1.82, 2.24) is 0 Å². The highest BCUT2D eigenvalue weighted by atomic mass is 16.5. The number of anilines is 3. The second-order valence-electron chi connectivity index (χ2n) is 4.57. The molecule has 0 aliphatic carbocycles. The third-order valence-electron chi connectivity index (χ3n) is 2.86. The van der Waals surface area contributed by atoms with Crippen LogP contribution in [0.25, 0.3) is 0 Å². The number of benzene rings is 2. The molecule has 0 saturated carbocycles.